The molecule has 4 nitrogen and oxygen atoms in total. The van der Waals surface area contributed by atoms with Gasteiger partial charge in [0, 0.05) is 25.8 Å². The molecule has 0 aliphatic heterocycles. The van der Waals surface area contributed by atoms with Crippen molar-refractivity contribution in [1.82, 2.24) is 5.32 Å². The lowest BCUT2D eigenvalue weighted by Crippen LogP contribution is -2.19. The number of methoxy groups -OCH3 is 2. The van der Waals surface area contributed by atoms with E-state index in [2.05, 4.69) is 5.32 Å². The summed E-state index contributed by atoms with van der Waals surface area (Å²) < 4.78 is 27.6. The van der Waals surface area contributed by atoms with Gasteiger partial charge < -0.3 is 19.5 Å². The number of ether oxygens (including phenoxy) is 3. The molecule has 1 N–H and O–H groups in total. The van der Waals surface area contributed by atoms with E-state index in [0.717, 1.165) is 17.9 Å². The zero-order valence-electron chi connectivity index (χ0n) is 10.9. The van der Waals surface area contributed by atoms with Crippen LogP contribution in [0.5, 0.6) is 11.5 Å². The summed E-state index contributed by atoms with van der Waals surface area (Å²) in [4.78, 5) is 0. The molecule has 0 aliphatic carbocycles. The fourth-order valence-electron chi connectivity index (χ4n) is 1.51. The molecule has 0 atom stereocenters. The maximum atomic E-state index is 12.1. The van der Waals surface area contributed by atoms with Crippen LogP contribution in [0.4, 0.5) is 4.39 Å². The quantitative estimate of drug-likeness (QED) is 0.685. The minimum Gasteiger partial charge on any atom is -0.497 e. The zero-order valence-corrected chi connectivity index (χ0v) is 10.9. The maximum absolute atomic E-state index is 12.1. The van der Waals surface area contributed by atoms with Crippen molar-refractivity contribution in [3.8, 4) is 11.5 Å². The van der Waals surface area contributed by atoms with Crippen LogP contribution >= 0.6 is 0 Å². The molecule has 0 spiro atoms. The van der Waals surface area contributed by atoms with Gasteiger partial charge in [0.15, 0.2) is 0 Å². The topological polar surface area (TPSA) is 39.7 Å². The molecule has 1 aromatic carbocycles. The van der Waals surface area contributed by atoms with Crippen LogP contribution in [0, 0.1) is 0 Å². The molecule has 1 rings (SSSR count). The minimum absolute atomic E-state index is 0.0669. The van der Waals surface area contributed by atoms with Crippen LogP contribution in [0.2, 0.25) is 0 Å². The molecule has 0 fully saturated rings. The number of hydrogen-bond donors (Lipinski definition) is 1. The molecule has 0 saturated carbocycles. The monoisotopic (exact) mass is 257 g/mol. The van der Waals surface area contributed by atoms with Gasteiger partial charge in [-0.1, -0.05) is 0 Å². The van der Waals surface area contributed by atoms with Crippen molar-refractivity contribution in [2.75, 3.05) is 40.7 Å². The van der Waals surface area contributed by atoms with Gasteiger partial charge in [0.2, 0.25) is 0 Å². The van der Waals surface area contributed by atoms with Crippen LogP contribution < -0.4 is 14.8 Å². The van der Waals surface area contributed by atoms with Crippen LogP contribution in [-0.2, 0) is 11.3 Å². The smallest absolute Gasteiger partial charge is 0.124 e. The first-order chi connectivity index (χ1) is 8.81. The third kappa shape index (κ3) is 4.89. The third-order valence-electron chi connectivity index (χ3n) is 2.40. The van der Waals surface area contributed by atoms with Gasteiger partial charge in [-0.15, -0.1) is 0 Å². The Labute approximate surface area is 107 Å². The van der Waals surface area contributed by atoms with E-state index in [4.69, 9.17) is 14.2 Å². The highest BCUT2D eigenvalue weighted by atomic mass is 19.1. The van der Waals surface area contributed by atoms with Gasteiger partial charge in [-0.05, 0) is 18.2 Å². The second kappa shape index (κ2) is 8.72. The Kier molecular flexibility index (Phi) is 7.13. The number of rotatable bonds is 9. The van der Waals surface area contributed by atoms with E-state index in [1.807, 2.05) is 6.07 Å². The molecule has 0 radical (unpaired) electrons. The van der Waals surface area contributed by atoms with Gasteiger partial charge in [-0.2, -0.15) is 0 Å². The first kappa shape index (κ1) is 14.7. The average molecular weight is 257 g/mol. The first-order valence-corrected chi connectivity index (χ1v) is 5.87. The standard InChI is InChI=1S/C13H20FNO3/c1-16-8-6-15-10-11-9-12(17-2)3-4-13(11)18-7-5-14/h3-4,9,15H,5-8,10H2,1-2H3. The van der Waals surface area contributed by atoms with Crippen molar-refractivity contribution in [1.29, 1.82) is 0 Å². The summed E-state index contributed by atoms with van der Waals surface area (Å²) in [5.41, 5.74) is 0.943. The molecule has 1 aromatic rings. The van der Waals surface area contributed by atoms with Gasteiger partial charge in [0.1, 0.15) is 24.8 Å². The van der Waals surface area contributed by atoms with E-state index in [9.17, 15) is 4.39 Å². The summed E-state index contributed by atoms with van der Waals surface area (Å²) >= 11 is 0. The van der Waals surface area contributed by atoms with Gasteiger partial charge in [-0.3, -0.25) is 0 Å². The number of halogens is 1. The molecule has 0 saturated heterocycles. The predicted octanol–water partition coefficient (Wildman–Crippen LogP) is 1.78. The Morgan fingerprint density at radius 3 is 2.72 bits per heavy atom. The summed E-state index contributed by atoms with van der Waals surface area (Å²) in [5.74, 6) is 1.43. The van der Waals surface area contributed by atoms with Crippen molar-refractivity contribution >= 4 is 0 Å². The summed E-state index contributed by atoms with van der Waals surface area (Å²) in [6.45, 7) is 1.59. The Bertz CT molecular complexity index is 347. The van der Waals surface area contributed by atoms with Crippen molar-refractivity contribution in [3.63, 3.8) is 0 Å². The highest BCUT2D eigenvalue weighted by Gasteiger charge is 2.05. The lowest BCUT2D eigenvalue weighted by molar-refractivity contribution is 0.199. The van der Waals surface area contributed by atoms with E-state index in [1.54, 1.807) is 26.4 Å². The fourth-order valence-corrected chi connectivity index (χ4v) is 1.51. The predicted molar refractivity (Wildman–Crippen MR) is 68.0 cm³/mol. The van der Waals surface area contributed by atoms with E-state index in [-0.39, 0.29) is 6.61 Å². The lowest BCUT2D eigenvalue weighted by atomic mass is 10.2. The molecule has 0 aliphatic rings. The van der Waals surface area contributed by atoms with Crippen LogP contribution in [0.1, 0.15) is 5.56 Å². The summed E-state index contributed by atoms with van der Waals surface area (Å²) in [7, 11) is 3.27. The lowest BCUT2D eigenvalue weighted by Gasteiger charge is -2.12. The Morgan fingerprint density at radius 2 is 2.06 bits per heavy atom. The molecule has 18 heavy (non-hydrogen) atoms. The molecule has 102 valence electrons. The number of alkyl halides is 1. The highest BCUT2D eigenvalue weighted by Crippen LogP contribution is 2.24. The fraction of sp³-hybridized carbons (Fsp3) is 0.538. The van der Waals surface area contributed by atoms with E-state index in [0.29, 0.717) is 18.9 Å². The largest absolute Gasteiger partial charge is 0.497 e. The summed E-state index contributed by atoms with van der Waals surface area (Å²) in [6.07, 6.45) is 0. The summed E-state index contributed by atoms with van der Waals surface area (Å²) in [5, 5.41) is 3.22. The molecular formula is C13H20FNO3. The van der Waals surface area contributed by atoms with Crippen molar-refractivity contribution in [3.05, 3.63) is 23.8 Å². The van der Waals surface area contributed by atoms with E-state index in [1.165, 1.54) is 0 Å². The number of nitrogens with one attached hydrogen (secondary N) is 1. The molecular weight excluding hydrogens is 237 g/mol. The normalized spacial score (nSPS) is 10.4. The van der Waals surface area contributed by atoms with Crippen LogP contribution in [0.25, 0.3) is 0 Å². The van der Waals surface area contributed by atoms with Crippen LogP contribution in [0.3, 0.4) is 0 Å². The van der Waals surface area contributed by atoms with Gasteiger partial charge in [0.05, 0.1) is 13.7 Å². The minimum atomic E-state index is -0.497. The Morgan fingerprint density at radius 1 is 1.22 bits per heavy atom. The third-order valence-corrected chi connectivity index (χ3v) is 2.40. The van der Waals surface area contributed by atoms with Crippen LogP contribution in [-0.4, -0.2) is 40.7 Å². The van der Waals surface area contributed by atoms with Gasteiger partial charge in [-0.25, -0.2) is 4.39 Å². The zero-order chi connectivity index (χ0) is 13.2. The van der Waals surface area contributed by atoms with Gasteiger partial charge in [0.25, 0.3) is 0 Å². The van der Waals surface area contributed by atoms with E-state index >= 15 is 0 Å². The molecule has 0 heterocycles. The van der Waals surface area contributed by atoms with Crippen molar-refractivity contribution < 1.29 is 18.6 Å². The van der Waals surface area contributed by atoms with Crippen LogP contribution in [0.15, 0.2) is 18.2 Å². The molecule has 0 amide bonds. The maximum Gasteiger partial charge on any atom is 0.124 e. The Balaban J connectivity index is 2.63. The number of benzene rings is 1. The average Bonchev–Trinajstić information content (AvgIpc) is 2.42. The molecule has 0 unspecified atom stereocenters. The summed E-state index contributed by atoms with van der Waals surface area (Å²) in [6, 6.07) is 5.47. The number of hydrogen-bond acceptors (Lipinski definition) is 4. The molecule has 0 aromatic heterocycles. The highest BCUT2D eigenvalue weighted by molar-refractivity contribution is 5.40. The molecule has 5 heteroatoms. The SMILES string of the molecule is COCCNCc1cc(OC)ccc1OCCF. The second-order valence-electron chi connectivity index (χ2n) is 3.68. The van der Waals surface area contributed by atoms with E-state index < -0.39 is 6.67 Å². The first-order valence-electron chi connectivity index (χ1n) is 5.87. The second-order valence-corrected chi connectivity index (χ2v) is 3.68. The van der Waals surface area contributed by atoms with Gasteiger partial charge >= 0.3 is 0 Å². The Hall–Kier alpha value is -1.33. The molecule has 0 bridgehead atoms. The van der Waals surface area contributed by atoms with Crippen molar-refractivity contribution in [2.24, 2.45) is 0 Å². The van der Waals surface area contributed by atoms with Crippen molar-refractivity contribution in [2.45, 2.75) is 6.54 Å².